The Morgan fingerprint density at radius 1 is 1.24 bits per heavy atom. The molecule has 0 spiro atoms. The maximum Gasteiger partial charge on any atom is 0.296 e. The first-order valence-electron chi connectivity index (χ1n) is 7.84. The summed E-state index contributed by atoms with van der Waals surface area (Å²) in [4.78, 5) is 27.7. The molecule has 9 heteroatoms. The minimum absolute atomic E-state index is 0.0494. The maximum absolute atomic E-state index is 12.4. The summed E-state index contributed by atoms with van der Waals surface area (Å²) >= 11 is 1.25. The van der Waals surface area contributed by atoms with Gasteiger partial charge in [-0.2, -0.15) is 0 Å². The third-order valence-electron chi connectivity index (χ3n) is 3.19. The number of carbonyl (C=O) groups excluding carboxylic acids is 1. The van der Waals surface area contributed by atoms with Crippen molar-refractivity contribution >= 4 is 28.6 Å². The molecule has 0 radical (unpaired) electrons. The predicted molar refractivity (Wildman–Crippen MR) is 94.9 cm³/mol. The number of rotatable bonds is 8. The highest BCUT2D eigenvalue weighted by molar-refractivity contribution is 7.13. The van der Waals surface area contributed by atoms with E-state index in [2.05, 4.69) is 10.3 Å². The van der Waals surface area contributed by atoms with Crippen molar-refractivity contribution in [2.45, 2.75) is 27.2 Å². The van der Waals surface area contributed by atoms with Crippen molar-refractivity contribution in [1.29, 1.82) is 0 Å². The molecule has 0 saturated carbocycles. The van der Waals surface area contributed by atoms with Gasteiger partial charge in [-0.3, -0.25) is 14.9 Å². The van der Waals surface area contributed by atoms with Gasteiger partial charge in [0.2, 0.25) is 0 Å². The molecule has 1 heterocycles. The largest absolute Gasteiger partial charge is 0.490 e. The topological polar surface area (TPSA) is 104 Å². The molecule has 1 N–H and O–H groups in total. The van der Waals surface area contributed by atoms with Crippen LogP contribution in [-0.2, 0) is 6.42 Å². The van der Waals surface area contributed by atoms with Crippen molar-refractivity contribution in [3.63, 3.8) is 0 Å². The highest BCUT2D eigenvalue weighted by Gasteiger charge is 2.22. The van der Waals surface area contributed by atoms with Crippen molar-refractivity contribution in [3.05, 3.63) is 38.3 Å². The molecule has 134 valence electrons. The molecular formula is C16H19N3O5S. The zero-order chi connectivity index (χ0) is 18.4. The van der Waals surface area contributed by atoms with Crippen molar-refractivity contribution < 1.29 is 19.2 Å². The van der Waals surface area contributed by atoms with Crippen LogP contribution in [0.4, 0.5) is 11.4 Å². The number of aromatic nitrogens is 1. The fourth-order valence-electron chi connectivity index (χ4n) is 2.10. The number of amides is 1. The first-order chi connectivity index (χ1) is 12.0. The highest BCUT2D eigenvalue weighted by atomic mass is 32.1. The molecule has 0 bridgehead atoms. The number of benzene rings is 1. The van der Waals surface area contributed by atoms with E-state index in [1.54, 1.807) is 13.8 Å². The highest BCUT2D eigenvalue weighted by Crippen LogP contribution is 2.38. The lowest BCUT2D eigenvalue weighted by molar-refractivity contribution is -0.384. The number of nitro benzene ring substituents is 1. The van der Waals surface area contributed by atoms with Crippen molar-refractivity contribution in [3.8, 4) is 11.5 Å². The Morgan fingerprint density at radius 3 is 2.40 bits per heavy atom. The lowest BCUT2D eigenvalue weighted by Crippen LogP contribution is -2.12. The Hall–Kier alpha value is -2.68. The van der Waals surface area contributed by atoms with Gasteiger partial charge >= 0.3 is 0 Å². The number of nitrogens with one attached hydrogen (secondary N) is 1. The van der Waals surface area contributed by atoms with Crippen molar-refractivity contribution in [2.75, 3.05) is 18.5 Å². The molecule has 2 rings (SSSR count). The summed E-state index contributed by atoms with van der Waals surface area (Å²) in [5, 5.41) is 14.8. The van der Waals surface area contributed by atoms with E-state index in [4.69, 9.17) is 9.47 Å². The number of hydrogen-bond donors (Lipinski definition) is 1. The van der Waals surface area contributed by atoms with Crippen molar-refractivity contribution in [2.24, 2.45) is 0 Å². The van der Waals surface area contributed by atoms with E-state index in [1.165, 1.54) is 29.7 Å². The fraction of sp³-hybridized carbons (Fsp3) is 0.375. The molecule has 1 aromatic heterocycles. The molecule has 8 nitrogen and oxygen atoms in total. The average Bonchev–Trinajstić information content (AvgIpc) is 3.06. The van der Waals surface area contributed by atoms with Gasteiger partial charge in [0, 0.05) is 6.07 Å². The molecule has 0 saturated heterocycles. The SMILES string of the molecule is CCOc1cc(NC(=O)c2cnc(CC)s2)c([N+](=O)[O-])cc1OCC. The number of hydrogen-bond acceptors (Lipinski definition) is 7. The maximum atomic E-state index is 12.4. The molecule has 1 amide bonds. The molecular weight excluding hydrogens is 346 g/mol. The average molecular weight is 365 g/mol. The smallest absolute Gasteiger partial charge is 0.296 e. The lowest BCUT2D eigenvalue weighted by atomic mass is 10.2. The van der Waals surface area contributed by atoms with Crippen molar-refractivity contribution in [1.82, 2.24) is 4.98 Å². The number of thiazole rings is 1. The number of aryl methyl sites for hydroxylation is 1. The molecule has 0 unspecified atom stereocenters. The van der Waals surface area contributed by atoms with Gasteiger partial charge in [0.05, 0.1) is 35.4 Å². The van der Waals surface area contributed by atoms with Crippen LogP contribution in [-0.4, -0.2) is 29.0 Å². The number of nitro groups is 1. The number of nitrogens with zero attached hydrogens (tertiary/aromatic N) is 2. The summed E-state index contributed by atoms with van der Waals surface area (Å²) in [5.41, 5.74) is -0.214. The quantitative estimate of drug-likeness (QED) is 0.565. The summed E-state index contributed by atoms with van der Waals surface area (Å²) in [6, 6.07) is 2.67. The Labute approximate surface area is 148 Å². The van der Waals surface area contributed by atoms with E-state index in [-0.39, 0.29) is 17.1 Å². The Bertz CT molecular complexity index is 775. The molecule has 0 aliphatic rings. The van der Waals surface area contributed by atoms with Gasteiger partial charge in [0.15, 0.2) is 11.5 Å². The van der Waals surface area contributed by atoms with Crippen LogP contribution in [0.1, 0.15) is 35.5 Å². The standard InChI is InChI=1S/C16H19N3O5S/c1-4-15-17-9-14(25-15)16(20)18-10-7-12(23-5-2)13(24-6-3)8-11(10)19(21)22/h7-9H,4-6H2,1-3H3,(H,18,20). The van der Waals surface area contributed by atoms with E-state index < -0.39 is 10.8 Å². The lowest BCUT2D eigenvalue weighted by Gasteiger charge is -2.13. The summed E-state index contributed by atoms with van der Waals surface area (Å²) in [6.45, 7) is 6.20. The van der Waals surface area contributed by atoms with Crippen LogP contribution in [0.25, 0.3) is 0 Å². The van der Waals surface area contributed by atoms with Gasteiger partial charge in [-0.15, -0.1) is 11.3 Å². The molecule has 0 atom stereocenters. The third-order valence-corrected chi connectivity index (χ3v) is 4.33. The van der Waals surface area contributed by atoms with E-state index >= 15 is 0 Å². The predicted octanol–water partition coefficient (Wildman–Crippen LogP) is 3.66. The van der Waals surface area contributed by atoms with Gasteiger partial charge < -0.3 is 14.8 Å². The summed E-state index contributed by atoms with van der Waals surface area (Å²) < 4.78 is 10.9. The Morgan fingerprint density at radius 2 is 1.88 bits per heavy atom. The third kappa shape index (κ3) is 4.44. The Kier molecular flexibility index (Phi) is 6.29. The molecule has 25 heavy (non-hydrogen) atoms. The second-order valence-electron chi connectivity index (χ2n) is 4.87. The van der Waals surface area contributed by atoms with E-state index in [0.29, 0.717) is 23.8 Å². The van der Waals surface area contributed by atoms with Crippen LogP contribution in [0.3, 0.4) is 0 Å². The molecule has 0 fully saturated rings. The van der Waals surface area contributed by atoms with Crippen LogP contribution in [0.5, 0.6) is 11.5 Å². The van der Waals surface area contributed by atoms with Gasteiger partial charge in [0.1, 0.15) is 10.6 Å². The van der Waals surface area contributed by atoms with Crippen LogP contribution in [0.15, 0.2) is 18.3 Å². The summed E-state index contributed by atoms with van der Waals surface area (Å²) in [5.74, 6) is 0.149. The first kappa shape index (κ1) is 18.7. The minimum atomic E-state index is -0.571. The van der Waals surface area contributed by atoms with Gasteiger partial charge in [0.25, 0.3) is 11.6 Å². The van der Waals surface area contributed by atoms with E-state index in [9.17, 15) is 14.9 Å². The van der Waals surface area contributed by atoms with Crippen LogP contribution in [0, 0.1) is 10.1 Å². The number of carbonyl (C=O) groups is 1. The van der Waals surface area contributed by atoms with Gasteiger partial charge in [-0.05, 0) is 20.3 Å². The zero-order valence-corrected chi connectivity index (χ0v) is 15.0. The molecule has 2 aromatic rings. The summed E-state index contributed by atoms with van der Waals surface area (Å²) in [7, 11) is 0. The van der Waals surface area contributed by atoms with Crippen LogP contribution < -0.4 is 14.8 Å². The van der Waals surface area contributed by atoms with Gasteiger partial charge in [-0.1, -0.05) is 6.92 Å². The second kappa shape index (κ2) is 8.43. The van der Waals surface area contributed by atoms with E-state index in [0.717, 1.165) is 11.4 Å². The molecule has 0 aliphatic heterocycles. The number of anilines is 1. The molecule has 1 aromatic carbocycles. The fourth-order valence-corrected chi connectivity index (χ4v) is 2.85. The monoisotopic (exact) mass is 365 g/mol. The Balaban J connectivity index is 2.38. The van der Waals surface area contributed by atoms with Gasteiger partial charge in [-0.25, -0.2) is 4.98 Å². The zero-order valence-electron chi connectivity index (χ0n) is 14.2. The van der Waals surface area contributed by atoms with Crippen LogP contribution >= 0.6 is 11.3 Å². The number of ether oxygens (including phenoxy) is 2. The summed E-state index contributed by atoms with van der Waals surface area (Å²) in [6.07, 6.45) is 2.18. The van der Waals surface area contributed by atoms with E-state index in [1.807, 2.05) is 6.92 Å². The molecule has 0 aliphatic carbocycles. The normalized spacial score (nSPS) is 10.4. The second-order valence-corrected chi connectivity index (χ2v) is 5.98. The van der Waals surface area contributed by atoms with Crippen LogP contribution in [0.2, 0.25) is 0 Å². The minimum Gasteiger partial charge on any atom is -0.490 e. The first-order valence-corrected chi connectivity index (χ1v) is 8.65.